The van der Waals surface area contributed by atoms with E-state index in [4.69, 9.17) is 4.74 Å². The maximum atomic E-state index is 12.5. The minimum absolute atomic E-state index is 0.103. The number of ether oxygens (including phenoxy) is 1. The van der Waals surface area contributed by atoms with Crippen LogP contribution in [0.3, 0.4) is 0 Å². The fourth-order valence-electron chi connectivity index (χ4n) is 2.43. The summed E-state index contributed by atoms with van der Waals surface area (Å²) in [6.07, 6.45) is 0.875. The number of amides is 3. The molecule has 0 aliphatic heterocycles. The predicted octanol–water partition coefficient (Wildman–Crippen LogP) is 3.78. The minimum Gasteiger partial charge on any atom is -0.493 e. The molecule has 160 valence electrons. The number of benzene rings is 2. The van der Waals surface area contributed by atoms with Crippen molar-refractivity contribution in [3.63, 3.8) is 0 Å². The summed E-state index contributed by atoms with van der Waals surface area (Å²) in [5.41, 5.74) is 6.09. The van der Waals surface area contributed by atoms with Crippen LogP contribution in [0, 0.1) is 11.8 Å². The van der Waals surface area contributed by atoms with E-state index in [9.17, 15) is 14.4 Å². The van der Waals surface area contributed by atoms with E-state index in [0.29, 0.717) is 35.1 Å². The first-order chi connectivity index (χ1) is 14.3. The molecule has 0 aliphatic carbocycles. The van der Waals surface area contributed by atoms with Crippen molar-refractivity contribution in [2.24, 2.45) is 11.8 Å². The van der Waals surface area contributed by atoms with Gasteiger partial charge in [0.1, 0.15) is 5.75 Å². The van der Waals surface area contributed by atoms with Crippen molar-refractivity contribution in [3.8, 4) is 5.75 Å². The van der Waals surface area contributed by atoms with E-state index in [-0.39, 0.29) is 11.8 Å². The Morgan fingerprint density at radius 2 is 1.50 bits per heavy atom. The van der Waals surface area contributed by atoms with Gasteiger partial charge < -0.3 is 10.1 Å². The zero-order valence-corrected chi connectivity index (χ0v) is 17.8. The second-order valence-electron chi connectivity index (χ2n) is 7.66. The molecule has 0 spiro atoms. The monoisotopic (exact) mass is 411 g/mol. The van der Waals surface area contributed by atoms with Crippen LogP contribution in [0.4, 0.5) is 5.69 Å². The van der Waals surface area contributed by atoms with Gasteiger partial charge in [0.05, 0.1) is 12.2 Å². The molecule has 3 N–H and O–H groups in total. The number of hydrogen-bond donors (Lipinski definition) is 3. The first-order valence-electron chi connectivity index (χ1n) is 10.0. The second kappa shape index (κ2) is 11.0. The lowest BCUT2D eigenvalue weighted by atomic mass is 10.1. The van der Waals surface area contributed by atoms with E-state index in [1.807, 2.05) is 0 Å². The lowest BCUT2D eigenvalue weighted by molar-refractivity contribution is -0.118. The number of anilines is 1. The Kier molecular flexibility index (Phi) is 8.41. The van der Waals surface area contributed by atoms with Crippen LogP contribution in [0.1, 0.15) is 54.8 Å². The largest absolute Gasteiger partial charge is 0.493 e. The van der Waals surface area contributed by atoms with E-state index in [2.05, 4.69) is 30.0 Å². The van der Waals surface area contributed by atoms with Gasteiger partial charge in [0, 0.05) is 17.2 Å². The molecule has 0 aromatic heterocycles. The quantitative estimate of drug-likeness (QED) is 0.576. The molecule has 2 aromatic carbocycles. The maximum Gasteiger partial charge on any atom is 0.273 e. The summed E-state index contributed by atoms with van der Waals surface area (Å²) >= 11 is 0. The molecule has 0 radical (unpaired) electrons. The van der Waals surface area contributed by atoms with E-state index in [1.54, 1.807) is 62.4 Å². The van der Waals surface area contributed by atoms with E-state index in [0.717, 1.165) is 6.42 Å². The van der Waals surface area contributed by atoms with Crippen molar-refractivity contribution in [1.29, 1.82) is 0 Å². The van der Waals surface area contributed by atoms with Crippen LogP contribution in [0.15, 0.2) is 48.5 Å². The van der Waals surface area contributed by atoms with Gasteiger partial charge in [0.15, 0.2) is 0 Å². The zero-order chi connectivity index (χ0) is 22.1. The summed E-state index contributed by atoms with van der Waals surface area (Å²) in [7, 11) is 0. The second-order valence-corrected chi connectivity index (χ2v) is 7.66. The lowest BCUT2D eigenvalue weighted by Gasteiger charge is -2.13. The van der Waals surface area contributed by atoms with Gasteiger partial charge in [0.25, 0.3) is 11.8 Å². The topological polar surface area (TPSA) is 96.5 Å². The first kappa shape index (κ1) is 22.9. The molecular formula is C23H29N3O4. The Bertz CT molecular complexity index is 876. The summed E-state index contributed by atoms with van der Waals surface area (Å²) in [4.78, 5) is 36.5. The number of rotatable bonds is 8. The van der Waals surface area contributed by atoms with Gasteiger partial charge in [0.2, 0.25) is 5.91 Å². The third kappa shape index (κ3) is 6.92. The average molecular weight is 412 g/mol. The molecule has 2 rings (SSSR count). The number of hydrazine groups is 1. The molecule has 0 saturated heterocycles. The summed E-state index contributed by atoms with van der Waals surface area (Å²) in [5, 5.41) is 2.75. The fourth-order valence-corrected chi connectivity index (χ4v) is 2.43. The van der Waals surface area contributed by atoms with Gasteiger partial charge in [-0.1, -0.05) is 39.8 Å². The smallest absolute Gasteiger partial charge is 0.273 e. The van der Waals surface area contributed by atoms with Crippen LogP contribution in [0.2, 0.25) is 0 Å². The van der Waals surface area contributed by atoms with E-state index in [1.165, 1.54) is 0 Å². The van der Waals surface area contributed by atoms with Gasteiger partial charge in [-0.25, -0.2) is 0 Å². The van der Waals surface area contributed by atoms with Crippen molar-refractivity contribution in [2.75, 3.05) is 11.9 Å². The molecule has 0 aliphatic rings. The molecule has 0 fully saturated rings. The Balaban J connectivity index is 1.93. The normalized spacial score (nSPS) is 10.6. The highest BCUT2D eigenvalue weighted by Crippen LogP contribution is 2.18. The summed E-state index contributed by atoms with van der Waals surface area (Å²) < 4.78 is 5.71. The standard InChI is InChI=1S/C23H29N3O4/c1-15(2)13-14-30-20-8-6-5-7-19(20)23(29)26-25-22(28)17-9-11-18(12-10-17)24-21(27)16(3)4/h5-12,15-16H,13-14H2,1-4H3,(H,24,27)(H,25,28)(H,26,29). The van der Waals surface area contributed by atoms with Crippen LogP contribution in [-0.2, 0) is 4.79 Å². The highest BCUT2D eigenvalue weighted by atomic mass is 16.5. The Morgan fingerprint density at radius 1 is 0.867 bits per heavy atom. The number of carbonyl (C=O) groups is 3. The Labute approximate surface area is 177 Å². The molecular weight excluding hydrogens is 382 g/mol. The Morgan fingerprint density at radius 3 is 2.13 bits per heavy atom. The van der Waals surface area contributed by atoms with Gasteiger partial charge in [-0.2, -0.15) is 0 Å². The molecule has 7 heteroatoms. The van der Waals surface area contributed by atoms with Crippen molar-refractivity contribution in [3.05, 3.63) is 59.7 Å². The van der Waals surface area contributed by atoms with Crippen LogP contribution in [-0.4, -0.2) is 24.3 Å². The highest BCUT2D eigenvalue weighted by molar-refractivity contribution is 6.00. The summed E-state index contributed by atoms with van der Waals surface area (Å²) in [5.74, 6) is -0.215. The number of nitrogens with one attached hydrogen (secondary N) is 3. The van der Waals surface area contributed by atoms with Crippen LogP contribution in [0.5, 0.6) is 5.75 Å². The van der Waals surface area contributed by atoms with Gasteiger partial charge in [-0.15, -0.1) is 0 Å². The molecule has 0 saturated carbocycles. The molecule has 0 bridgehead atoms. The van der Waals surface area contributed by atoms with Gasteiger partial charge in [-0.3, -0.25) is 25.2 Å². The molecule has 30 heavy (non-hydrogen) atoms. The third-order valence-electron chi connectivity index (χ3n) is 4.31. The highest BCUT2D eigenvalue weighted by Gasteiger charge is 2.14. The molecule has 0 heterocycles. The van der Waals surface area contributed by atoms with Crippen LogP contribution in [0.25, 0.3) is 0 Å². The summed E-state index contributed by atoms with van der Waals surface area (Å²) in [6.45, 7) is 8.30. The fraction of sp³-hybridized carbons (Fsp3) is 0.348. The number of carbonyl (C=O) groups excluding carboxylic acids is 3. The SMILES string of the molecule is CC(C)CCOc1ccccc1C(=O)NNC(=O)c1ccc(NC(=O)C(C)C)cc1. The van der Waals surface area contributed by atoms with Gasteiger partial charge >= 0.3 is 0 Å². The first-order valence-corrected chi connectivity index (χ1v) is 10.0. The average Bonchev–Trinajstić information content (AvgIpc) is 2.72. The van der Waals surface area contributed by atoms with Crippen molar-refractivity contribution in [2.45, 2.75) is 34.1 Å². The zero-order valence-electron chi connectivity index (χ0n) is 17.8. The molecule has 0 unspecified atom stereocenters. The summed E-state index contributed by atoms with van der Waals surface area (Å²) in [6, 6.07) is 13.3. The maximum absolute atomic E-state index is 12.5. The molecule has 2 aromatic rings. The van der Waals surface area contributed by atoms with Crippen molar-refractivity contribution >= 4 is 23.4 Å². The van der Waals surface area contributed by atoms with Crippen LogP contribution >= 0.6 is 0 Å². The lowest BCUT2D eigenvalue weighted by Crippen LogP contribution is -2.41. The molecule has 0 atom stereocenters. The number of hydrogen-bond acceptors (Lipinski definition) is 4. The van der Waals surface area contributed by atoms with Gasteiger partial charge in [-0.05, 0) is 48.7 Å². The van der Waals surface area contributed by atoms with Crippen molar-refractivity contribution < 1.29 is 19.1 Å². The molecule has 3 amide bonds. The van der Waals surface area contributed by atoms with E-state index < -0.39 is 11.8 Å². The number of para-hydroxylation sites is 1. The van der Waals surface area contributed by atoms with E-state index >= 15 is 0 Å². The Hall–Kier alpha value is -3.35. The third-order valence-corrected chi connectivity index (χ3v) is 4.31. The molecule has 7 nitrogen and oxygen atoms in total. The van der Waals surface area contributed by atoms with Crippen LogP contribution < -0.4 is 20.9 Å². The minimum atomic E-state index is -0.469. The van der Waals surface area contributed by atoms with Crippen molar-refractivity contribution in [1.82, 2.24) is 10.9 Å². The predicted molar refractivity (Wildman–Crippen MR) is 116 cm³/mol.